The molecule has 0 bridgehead atoms. The van der Waals surface area contributed by atoms with Gasteiger partial charge in [0.1, 0.15) is 5.75 Å². The topological polar surface area (TPSA) is 49.8 Å². The van der Waals surface area contributed by atoms with Crippen LogP contribution in [0.3, 0.4) is 0 Å². The van der Waals surface area contributed by atoms with Gasteiger partial charge in [-0.25, -0.2) is 0 Å². The second-order valence-corrected chi connectivity index (χ2v) is 4.48. The summed E-state index contributed by atoms with van der Waals surface area (Å²) in [6, 6.07) is 4.89. The molecule has 0 radical (unpaired) electrons. The van der Waals surface area contributed by atoms with Crippen LogP contribution >= 0.6 is 15.9 Å². The van der Waals surface area contributed by atoms with E-state index < -0.39 is 0 Å². The molecule has 86 valence electrons. The number of ether oxygens (including phenoxy) is 1. The normalized spacial score (nSPS) is 16.2. The molecule has 1 aliphatic heterocycles. The molecule has 1 heterocycles. The summed E-state index contributed by atoms with van der Waals surface area (Å²) < 4.78 is 5.92. The minimum absolute atomic E-state index is 0.00543. The van der Waals surface area contributed by atoms with Crippen molar-refractivity contribution in [2.24, 2.45) is 0 Å². The smallest absolute Gasteiger partial charge is 0.257 e. The highest BCUT2D eigenvalue weighted by Gasteiger charge is 2.20. The maximum atomic E-state index is 12.0. The molecule has 16 heavy (non-hydrogen) atoms. The number of nitrogens with zero attached hydrogens (tertiary/aromatic N) is 1. The first kappa shape index (κ1) is 11.4. The minimum atomic E-state index is -0.145. The van der Waals surface area contributed by atoms with Crippen LogP contribution in [0.2, 0.25) is 0 Å². The molecule has 0 aromatic heterocycles. The number of amides is 1. The van der Waals surface area contributed by atoms with E-state index in [9.17, 15) is 9.90 Å². The van der Waals surface area contributed by atoms with E-state index in [1.165, 1.54) is 6.07 Å². The third-order valence-corrected chi connectivity index (χ3v) is 2.98. The molecule has 1 amide bonds. The Balaban J connectivity index is 2.19. The number of carbonyl (C=O) groups is 1. The Kier molecular flexibility index (Phi) is 3.46. The summed E-state index contributed by atoms with van der Waals surface area (Å²) in [5.41, 5.74) is 0.338. The van der Waals surface area contributed by atoms with E-state index in [1.54, 1.807) is 17.0 Å². The fourth-order valence-corrected chi connectivity index (χ4v) is 1.97. The lowest BCUT2D eigenvalue weighted by Crippen LogP contribution is -2.40. The van der Waals surface area contributed by atoms with Crippen molar-refractivity contribution < 1.29 is 14.6 Å². The predicted octanol–water partition coefficient (Wildman–Crippen LogP) is 1.63. The SMILES string of the molecule is O=C(c1ccc(Br)cc1O)N1CCOCC1. The molecule has 1 aliphatic rings. The number of morpholine rings is 1. The Morgan fingerprint density at radius 3 is 2.69 bits per heavy atom. The predicted molar refractivity (Wildman–Crippen MR) is 62.5 cm³/mol. The van der Waals surface area contributed by atoms with Gasteiger partial charge in [0.05, 0.1) is 18.8 Å². The molecule has 1 saturated heterocycles. The van der Waals surface area contributed by atoms with E-state index >= 15 is 0 Å². The fraction of sp³-hybridized carbons (Fsp3) is 0.364. The van der Waals surface area contributed by atoms with Crippen LogP contribution in [0.15, 0.2) is 22.7 Å². The summed E-state index contributed by atoms with van der Waals surface area (Å²) in [7, 11) is 0. The zero-order valence-electron chi connectivity index (χ0n) is 8.65. The van der Waals surface area contributed by atoms with Crippen molar-refractivity contribution in [3.05, 3.63) is 28.2 Å². The van der Waals surface area contributed by atoms with Crippen molar-refractivity contribution in [3.8, 4) is 5.75 Å². The molecule has 0 aliphatic carbocycles. The van der Waals surface area contributed by atoms with Crippen molar-refractivity contribution in [1.29, 1.82) is 0 Å². The molecular weight excluding hydrogens is 274 g/mol. The van der Waals surface area contributed by atoms with Crippen molar-refractivity contribution in [2.45, 2.75) is 0 Å². The van der Waals surface area contributed by atoms with E-state index in [0.717, 1.165) is 4.47 Å². The highest BCUT2D eigenvalue weighted by molar-refractivity contribution is 9.10. The van der Waals surface area contributed by atoms with Gasteiger partial charge in [0.2, 0.25) is 0 Å². The maximum absolute atomic E-state index is 12.0. The molecule has 1 N–H and O–H groups in total. The largest absolute Gasteiger partial charge is 0.507 e. The van der Waals surface area contributed by atoms with Gasteiger partial charge in [0, 0.05) is 17.6 Å². The second-order valence-electron chi connectivity index (χ2n) is 3.57. The van der Waals surface area contributed by atoms with Crippen molar-refractivity contribution in [1.82, 2.24) is 4.90 Å². The number of rotatable bonds is 1. The van der Waals surface area contributed by atoms with Crippen LogP contribution in [-0.2, 0) is 4.74 Å². The lowest BCUT2D eigenvalue weighted by Gasteiger charge is -2.27. The van der Waals surface area contributed by atoms with Gasteiger partial charge in [-0.15, -0.1) is 0 Å². The van der Waals surface area contributed by atoms with Gasteiger partial charge in [-0.3, -0.25) is 4.79 Å². The second kappa shape index (κ2) is 4.84. The summed E-state index contributed by atoms with van der Waals surface area (Å²) in [4.78, 5) is 13.7. The molecule has 0 atom stereocenters. The van der Waals surface area contributed by atoms with E-state index in [0.29, 0.717) is 31.9 Å². The van der Waals surface area contributed by atoms with E-state index in [2.05, 4.69) is 15.9 Å². The van der Waals surface area contributed by atoms with Crippen LogP contribution in [0.1, 0.15) is 10.4 Å². The first-order valence-electron chi connectivity index (χ1n) is 5.04. The lowest BCUT2D eigenvalue weighted by molar-refractivity contribution is 0.0301. The number of phenolic OH excluding ortho intramolecular Hbond substituents is 1. The summed E-state index contributed by atoms with van der Waals surface area (Å²) in [5, 5.41) is 9.68. The number of aromatic hydroxyl groups is 1. The van der Waals surface area contributed by atoms with Gasteiger partial charge in [0.15, 0.2) is 0 Å². The highest BCUT2D eigenvalue weighted by atomic mass is 79.9. The van der Waals surface area contributed by atoms with Gasteiger partial charge >= 0.3 is 0 Å². The number of hydrogen-bond donors (Lipinski definition) is 1. The number of benzene rings is 1. The monoisotopic (exact) mass is 285 g/mol. The van der Waals surface area contributed by atoms with Crippen LogP contribution in [0.5, 0.6) is 5.75 Å². The molecule has 0 saturated carbocycles. The summed E-state index contributed by atoms with van der Waals surface area (Å²) in [6.45, 7) is 2.27. The van der Waals surface area contributed by atoms with E-state index in [-0.39, 0.29) is 11.7 Å². The van der Waals surface area contributed by atoms with Crippen molar-refractivity contribution >= 4 is 21.8 Å². The van der Waals surface area contributed by atoms with Gasteiger partial charge in [0.25, 0.3) is 5.91 Å². The number of hydrogen-bond acceptors (Lipinski definition) is 3. The van der Waals surface area contributed by atoms with Crippen LogP contribution < -0.4 is 0 Å². The Morgan fingerprint density at radius 1 is 1.38 bits per heavy atom. The number of halogens is 1. The fourth-order valence-electron chi connectivity index (χ4n) is 1.62. The lowest BCUT2D eigenvalue weighted by atomic mass is 10.1. The third-order valence-electron chi connectivity index (χ3n) is 2.49. The first-order chi connectivity index (χ1) is 7.68. The number of phenols is 1. The van der Waals surface area contributed by atoms with E-state index in [4.69, 9.17) is 4.74 Å². The van der Waals surface area contributed by atoms with Crippen LogP contribution in [0.25, 0.3) is 0 Å². The summed E-state index contributed by atoms with van der Waals surface area (Å²) >= 11 is 3.24. The van der Waals surface area contributed by atoms with Crippen molar-refractivity contribution in [2.75, 3.05) is 26.3 Å². The standard InChI is InChI=1S/C11H12BrNO3/c12-8-1-2-9(10(14)7-8)11(15)13-3-5-16-6-4-13/h1-2,7,14H,3-6H2. The van der Waals surface area contributed by atoms with Crippen LogP contribution in [0, 0.1) is 0 Å². The molecule has 1 fully saturated rings. The summed E-state index contributed by atoms with van der Waals surface area (Å²) in [6.07, 6.45) is 0. The first-order valence-corrected chi connectivity index (χ1v) is 5.83. The molecular formula is C11H12BrNO3. The Morgan fingerprint density at radius 2 is 2.06 bits per heavy atom. The van der Waals surface area contributed by atoms with Gasteiger partial charge in [-0.05, 0) is 18.2 Å². The average molecular weight is 286 g/mol. The average Bonchev–Trinajstić information content (AvgIpc) is 2.29. The molecule has 2 rings (SSSR count). The van der Waals surface area contributed by atoms with Crippen LogP contribution in [-0.4, -0.2) is 42.2 Å². The molecule has 0 spiro atoms. The summed E-state index contributed by atoms with van der Waals surface area (Å²) in [5.74, 6) is -0.140. The zero-order valence-corrected chi connectivity index (χ0v) is 10.2. The van der Waals surface area contributed by atoms with Gasteiger partial charge < -0.3 is 14.7 Å². The van der Waals surface area contributed by atoms with E-state index in [1.807, 2.05) is 0 Å². The van der Waals surface area contributed by atoms with Gasteiger partial charge in [-0.1, -0.05) is 15.9 Å². The maximum Gasteiger partial charge on any atom is 0.257 e. The molecule has 0 unspecified atom stereocenters. The molecule has 5 heteroatoms. The Hall–Kier alpha value is -1.07. The molecule has 1 aromatic rings. The molecule has 4 nitrogen and oxygen atoms in total. The highest BCUT2D eigenvalue weighted by Crippen LogP contribution is 2.23. The van der Waals surface area contributed by atoms with Crippen LogP contribution in [0.4, 0.5) is 0 Å². The zero-order chi connectivity index (χ0) is 11.5. The van der Waals surface area contributed by atoms with Crippen molar-refractivity contribution in [3.63, 3.8) is 0 Å². The Bertz CT molecular complexity index is 402. The minimum Gasteiger partial charge on any atom is -0.507 e. The number of carbonyl (C=O) groups excluding carboxylic acids is 1. The Labute approximate surface area is 102 Å². The quantitative estimate of drug-likeness (QED) is 0.853. The third kappa shape index (κ3) is 2.36. The van der Waals surface area contributed by atoms with Gasteiger partial charge in [-0.2, -0.15) is 0 Å². The molecule has 1 aromatic carbocycles.